The Morgan fingerprint density at radius 3 is 2.56 bits per heavy atom. The summed E-state index contributed by atoms with van der Waals surface area (Å²) in [6.07, 6.45) is 6.98. The van der Waals surface area contributed by atoms with Gasteiger partial charge in [-0.05, 0) is 97.1 Å². The average Bonchev–Trinajstić information content (AvgIpc) is 3.15. The topological polar surface area (TPSA) is 57.6 Å². The molecule has 4 nitrogen and oxygen atoms in total. The highest BCUT2D eigenvalue weighted by Crippen LogP contribution is 2.70. The Morgan fingerprint density at radius 1 is 1.19 bits per heavy atom. The van der Waals surface area contributed by atoms with Gasteiger partial charge in [0, 0.05) is 32.1 Å². The summed E-state index contributed by atoms with van der Waals surface area (Å²) in [5.74, 6) is 7.90. The molecule has 2 fully saturated rings. The molecule has 0 radical (unpaired) electrons. The van der Waals surface area contributed by atoms with Gasteiger partial charge >= 0.3 is 0 Å². The second-order valence-corrected chi connectivity index (χ2v) is 12.0. The number of aliphatic hydroxyl groups excluding tert-OH is 1. The van der Waals surface area contributed by atoms with Gasteiger partial charge in [-0.1, -0.05) is 43.4 Å². The molecule has 0 aromatic heterocycles. The lowest BCUT2D eigenvalue weighted by atomic mass is 9.47. The fourth-order valence-electron chi connectivity index (χ4n) is 8.35. The Morgan fingerprint density at radius 2 is 1.92 bits per heavy atom. The number of fused-ring (bicyclic) bond motifs is 4. The van der Waals surface area contributed by atoms with E-state index in [2.05, 4.69) is 68.9 Å². The zero-order valence-electron chi connectivity index (χ0n) is 22.4. The van der Waals surface area contributed by atoms with Crippen LogP contribution in [-0.4, -0.2) is 37.4 Å². The molecule has 0 amide bonds. The van der Waals surface area contributed by atoms with E-state index < -0.39 is 5.41 Å². The first-order chi connectivity index (χ1) is 17.1. The molecule has 0 aliphatic heterocycles. The number of rotatable bonds is 3. The monoisotopic (exact) mass is 485 g/mol. The third-order valence-electron chi connectivity index (χ3n) is 10.1. The van der Waals surface area contributed by atoms with Crippen molar-refractivity contribution in [2.75, 3.05) is 25.6 Å². The van der Waals surface area contributed by atoms with Gasteiger partial charge in [-0.3, -0.25) is 9.59 Å². The summed E-state index contributed by atoms with van der Waals surface area (Å²) in [4.78, 5) is 27.8. The van der Waals surface area contributed by atoms with Crippen LogP contribution in [-0.2, 0) is 9.59 Å². The average molecular weight is 486 g/mol. The van der Waals surface area contributed by atoms with Crippen LogP contribution in [0.1, 0.15) is 70.8 Å². The minimum Gasteiger partial charge on any atom is -0.384 e. The predicted octanol–water partition coefficient (Wildman–Crippen LogP) is 5.47. The molecule has 4 aliphatic carbocycles. The number of nitrogens with zero attached hydrogens (tertiary/aromatic N) is 1. The Labute approximate surface area is 215 Å². The van der Waals surface area contributed by atoms with E-state index in [1.165, 1.54) is 28.0 Å². The minimum absolute atomic E-state index is 0.138. The summed E-state index contributed by atoms with van der Waals surface area (Å²) in [6, 6.07) is 8.89. The number of allylic oxidation sites excluding steroid dienone is 4. The molecule has 5 rings (SSSR count). The van der Waals surface area contributed by atoms with Crippen molar-refractivity contribution in [1.82, 2.24) is 0 Å². The maximum atomic E-state index is 13.3. The highest BCUT2D eigenvalue weighted by Gasteiger charge is 2.65. The molecule has 0 saturated heterocycles. The maximum Gasteiger partial charge on any atom is 0.156 e. The van der Waals surface area contributed by atoms with Crippen molar-refractivity contribution in [1.29, 1.82) is 0 Å². The fraction of sp³-hybridized carbons (Fsp3) is 0.562. The molecule has 1 N–H and O–H groups in total. The van der Waals surface area contributed by atoms with Crippen LogP contribution in [0.15, 0.2) is 47.1 Å². The van der Waals surface area contributed by atoms with Crippen molar-refractivity contribution < 1.29 is 14.7 Å². The van der Waals surface area contributed by atoms with Crippen molar-refractivity contribution in [3.63, 3.8) is 0 Å². The van der Waals surface area contributed by atoms with E-state index in [-0.39, 0.29) is 29.5 Å². The molecule has 6 atom stereocenters. The third kappa shape index (κ3) is 3.62. The van der Waals surface area contributed by atoms with Gasteiger partial charge in [-0.15, -0.1) is 0 Å². The van der Waals surface area contributed by atoms with E-state index in [9.17, 15) is 14.7 Å². The van der Waals surface area contributed by atoms with Gasteiger partial charge in [-0.2, -0.15) is 0 Å². The quantitative estimate of drug-likeness (QED) is 0.577. The summed E-state index contributed by atoms with van der Waals surface area (Å²) in [5.41, 5.74) is 5.67. The van der Waals surface area contributed by atoms with Gasteiger partial charge in [-0.25, -0.2) is 0 Å². The Kier molecular flexibility index (Phi) is 6.28. The predicted molar refractivity (Wildman–Crippen MR) is 144 cm³/mol. The van der Waals surface area contributed by atoms with Gasteiger partial charge in [0.2, 0.25) is 0 Å². The first kappa shape index (κ1) is 25.0. The lowest BCUT2D eigenvalue weighted by Crippen LogP contribution is -2.50. The number of hydrogen-bond donors (Lipinski definition) is 1. The molecule has 190 valence electrons. The van der Waals surface area contributed by atoms with Crippen molar-refractivity contribution in [2.45, 2.75) is 65.2 Å². The van der Waals surface area contributed by atoms with Crippen LogP contribution in [0.4, 0.5) is 5.69 Å². The SMILES string of the molecule is CC(=O)[C@]1(C#CCO)CC[C@H]2[C@@H]3CC(C)C4=CC(=O)CCC4=C3[C@@H](c3ccc(N(C)C)cc3)C[C@@]21C. The molecular formula is C32H39NO3. The zero-order valence-corrected chi connectivity index (χ0v) is 22.4. The Balaban J connectivity index is 1.72. The molecule has 0 heterocycles. The maximum absolute atomic E-state index is 13.3. The summed E-state index contributed by atoms with van der Waals surface area (Å²) in [6.45, 7) is 6.06. The van der Waals surface area contributed by atoms with Crippen LogP contribution in [0, 0.1) is 40.4 Å². The standard InChI is InChI=1S/C32H39NO3/c1-20-17-27-29-13-15-32(21(2)35,14-6-16-34)31(29,3)19-28(22-7-9-23(10-8-22)33(4)5)30(27)25-12-11-24(36)18-26(20)25/h7-10,18,20,27-29,34H,11-13,15-17,19H2,1-5H3/t20?,27-,28+,29-,31-,32-/m0/s1. The van der Waals surface area contributed by atoms with E-state index in [1.54, 1.807) is 6.92 Å². The van der Waals surface area contributed by atoms with Crippen molar-refractivity contribution in [2.24, 2.45) is 28.6 Å². The van der Waals surface area contributed by atoms with Gasteiger partial charge < -0.3 is 10.0 Å². The molecule has 4 heteroatoms. The van der Waals surface area contributed by atoms with Gasteiger partial charge in [0.15, 0.2) is 5.78 Å². The van der Waals surface area contributed by atoms with Crippen molar-refractivity contribution in [3.8, 4) is 11.8 Å². The fourth-order valence-corrected chi connectivity index (χ4v) is 8.35. The molecule has 0 spiro atoms. The molecule has 36 heavy (non-hydrogen) atoms. The smallest absolute Gasteiger partial charge is 0.156 e. The number of hydrogen-bond acceptors (Lipinski definition) is 4. The van der Waals surface area contributed by atoms with Crippen LogP contribution in [0.3, 0.4) is 0 Å². The third-order valence-corrected chi connectivity index (χ3v) is 10.1. The Bertz CT molecular complexity index is 1210. The number of benzene rings is 1. The number of carbonyl (C=O) groups is 2. The number of aliphatic hydroxyl groups is 1. The summed E-state index contributed by atoms with van der Waals surface area (Å²) in [7, 11) is 4.11. The number of anilines is 1. The number of ketones is 2. The van der Waals surface area contributed by atoms with Gasteiger partial charge in [0.05, 0.1) is 5.41 Å². The van der Waals surface area contributed by atoms with Crippen molar-refractivity contribution in [3.05, 3.63) is 52.6 Å². The number of carbonyl (C=O) groups excluding carboxylic acids is 2. The number of Topliss-reactive ketones (excluding diaryl/α,β-unsaturated/α-hetero) is 1. The molecule has 1 aromatic rings. The van der Waals surface area contributed by atoms with E-state index >= 15 is 0 Å². The van der Waals surface area contributed by atoms with Crippen LogP contribution in [0.2, 0.25) is 0 Å². The van der Waals surface area contributed by atoms with E-state index in [0.717, 1.165) is 32.1 Å². The van der Waals surface area contributed by atoms with Crippen LogP contribution in [0.25, 0.3) is 0 Å². The van der Waals surface area contributed by atoms with E-state index in [0.29, 0.717) is 24.2 Å². The Hall–Kier alpha value is -2.64. The second-order valence-electron chi connectivity index (χ2n) is 12.0. The van der Waals surface area contributed by atoms with Crippen LogP contribution in [0.5, 0.6) is 0 Å². The first-order valence-corrected chi connectivity index (χ1v) is 13.5. The zero-order chi connectivity index (χ0) is 25.8. The lowest BCUT2D eigenvalue weighted by Gasteiger charge is -2.55. The summed E-state index contributed by atoms with van der Waals surface area (Å²) < 4.78 is 0. The molecular weight excluding hydrogens is 446 g/mol. The first-order valence-electron chi connectivity index (χ1n) is 13.5. The van der Waals surface area contributed by atoms with Crippen molar-refractivity contribution >= 4 is 17.3 Å². The summed E-state index contributed by atoms with van der Waals surface area (Å²) >= 11 is 0. The lowest BCUT2D eigenvalue weighted by molar-refractivity contribution is -0.130. The second kappa shape index (κ2) is 9.03. The van der Waals surface area contributed by atoms with E-state index in [4.69, 9.17) is 0 Å². The highest BCUT2D eigenvalue weighted by atomic mass is 16.2. The van der Waals surface area contributed by atoms with Crippen LogP contribution >= 0.6 is 0 Å². The van der Waals surface area contributed by atoms with Gasteiger partial charge in [0.25, 0.3) is 0 Å². The molecule has 4 aliphatic rings. The van der Waals surface area contributed by atoms with Crippen LogP contribution < -0.4 is 4.90 Å². The highest BCUT2D eigenvalue weighted by molar-refractivity contribution is 5.93. The summed E-state index contributed by atoms with van der Waals surface area (Å²) in [5, 5.41) is 9.55. The molecule has 2 saturated carbocycles. The largest absolute Gasteiger partial charge is 0.384 e. The molecule has 1 aromatic carbocycles. The molecule has 1 unspecified atom stereocenters. The minimum atomic E-state index is -0.722. The molecule has 0 bridgehead atoms. The van der Waals surface area contributed by atoms with Gasteiger partial charge in [0.1, 0.15) is 12.4 Å². The normalized spacial score (nSPS) is 35.2. The van der Waals surface area contributed by atoms with E-state index in [1.807, 2.05) is 6.08 Å².